The van der Waals surface area contributed by atoms with Crippen LogP contribution in [0.5, 0.6) is 0 Å². The summed E-state index contributed by atoms with van der Waals surface area (Å²) < 4.78 is 15.0. The van der Waals surface area contributed by atoms with E-state index in [-0.39, 0.29) is 0 Å². The van der Waals surface area contributed by atoms with Crippen molar-refractivity contribution in [2.75, 3.05) is 0 Å². The summed E-state index contributed by atoms with van der Waals surface area (Å²) in [5.41, 5.74) is 13.9. The van der Waals surface area contributed by atoms with Gasteiger partial charge in [0.05, 0.1) is 11.0 Å². The van der Waals surface area contributed by atoms with Crippen LogP contribution in [0.1, 0.15) is 0 Å². The van der Waals surface area contributed by atoms with Gasteiger partial charge in [0.1, 0.15) is 22.3 Å². The summed E-state index contributed by atoms with van der Waals surface area (Å²) in [6, 6.07) is 76.5. The molecule has 14 aromatic rings. The monoisotopic (exact) mass is 856 g/mol. The maximum atomic E-state index is 6.32. The summed E-state index contributed by atoms with van der Waals surface area (Å²) in [4.78, 5) is 15.2. The van der Waals surface area contributed by atoms with E-state index in [9.17, 15) is 0 Å². The molecule has 4 heterocycles. The number of rotatable bonds is 6. The minimum Gasteiger partial charge on any atom is -0.456 e. The van der Waals surface area contributed by atoms with Gasteiger partial charge in [0.2, 0.25) is 0 Å². The molecule has 0 unspecified atom stereocenters. The second-order valence-electron chi connectivity index (χ2n) is 17.1. The predicted molar refractivity (Wildman–Crippen MR) is 273 cm³/mol. The summed E-state index contributed by atoms with van der Waals surface area (Å²) in [6.45, 7) is 0. The van der Waals surface area contributed by atoms with Crippen LogP contribution in [0.3, 0.4) is 0 Å². The van der Waals surface area contributed by atoms with Gasteiger partial charge in [0.15, 0.2) is 17.5 Å². The Morgan fingerprint density at radius 3 is 1.69 bits per heavy atom. The fourth-order valence-corrected chi connectivity index (χ4v) is 10.2. The molecule has 0 saturated carbocycles. The minimum absolute atomic E-state index is 0.577. The molecule has 0 aliphatic heterocycles. The summed E-state index contributed by atoms with van der Waals surface area (Å²) >= 11 is 0. The predicted octanol–water partition coefficient (Wildman–Crippen LogP) is 16.3. The third-order valence-electron chi connectivity index (χ3n) is 13.3. The van der Waals surface area contributed by atoms with Gasteiger partial charge in [-0.05, 0) is 94.2 Å². The van der Waals surface area contributed by atoms with Crippen molar-refractivity contribution >= 4 is 76.5 Å². The molecule has 14 rings (SSSR count). The van der Waals surface area contributed by atoms with Crippen molar-refractivity contribution in [2.45, 2.75) is 0 Å². The van der Waals surface area contributed by atoms with Crippen molar-refractivity contribution < 1.29 is 8.83 Å². The standard InChI is InChI=1S/C61H36N4O2/c1-2-14-38(15-3-1)59-62-60(64-61(63-59)42-29-33-48-47-19-6-8-24-52(47)67-55(48)36-42)39-27-31-43(32-28-39)65-51-34-30-37-13-4-5-18-44(37)56(51)50-23-11-22-46(58(50)65)41-17-10-16-40(35-41)45-21-12-26-54-57(45)49-20-7-9-25-53(49)66-54/h1-36H. The first kappa shape index (κ1) is 37.3. The molecule has 6 heteroatoms. The van der Waals surface area contributed by atoms with Gasteiger partial charge in [-0.3, -0.25) is 0 Å². The van der Waals surface area contributed by atoms with Crippen LogP contribution in [0.2, 0.25) is 0 Å². The maximum Gasteiger partial charge on any atom is 0.164 e. The van der Waals surface area contributed by atoms with Crippen molar-refractivity contribution in [1.29, 1.82) is 0 Å². The largest absolute Gasteiger partial charge is 0.456 e. The fourth-order valence-electron chi connectivity index (χ4n) is 10.2. The van der Waals surface area contributed by atoms with Crippen LogP contribution in [0.4, 0.5) is 0 Å². The van der Waals surface area contributed by atoms with E-state index in [2.05, 4.69) is 156 Å². The van der Waals surface area contributed by atoms with E-state index in [1.165, 1.54) is 21.5 Å². The lowest BCUT2D eigenvalue weighted by molar-refractivity contribution is 0.668. The normalized spacial score (nSPS) is 11.9. The Kier molecular flexibility index (Phi) is 8.18. The summed E-state index contributed by atoms with van der Waals surface area (Å²) in [6.07, 6.45) is 0. The molecule has 0 aliphatic rings. The van der Waals surface area contributed by atoms with E-state index in [0.29, 0.717) is 17.5 Å². The highest BCUT2D eigenvalue weighted by atomic mass is 16.3. The highest BCUT2D eigenvalue weighted by molar-refractivity contribution is 6.23. The van der Waals surface area contributed by atoms with E-state index < -0.39 is 0 Å². The first-order valence-corrected chi connectivity index (χ1v) is 22.5. The molecule has 0 atom stereocenters. The molecule has 312 valence electrons. The first-order valence-electron chi connectivity index (χ1n) is 22.5. The zero-order valence-corrected chi connectivity index (χ0v) is 35.9. The Morgan fingerprint density at radius 2 is 0.866 bits per heavy atom. The van der Waals surface area contributed by atoms with Gasteiger partial charge in [-0.2, -0.15) is 0 Å². The number of hydrogen-bond donors (Lipinski definition) is 0. The van der Waals surface area contributed by atoms with Crippen LogP contribution in [0, 0.1) is 0 Å². The lowest BCUT2D eigenvalue weighted by Gasteiger charge is -2.14. The van der Waals surface area contributed by atoms with Gasteiger partial charge in [-0.1, -0.05) is 152 Å². The fraction of sp³-hybridized carbons (Fsp3) is 0. The Labute approximate surface area is 383 Å². The molecule has 0 saturated heterocycles. The molecule has 0 amide bonds. The van der Waals surface area contributed by atoms with Crippen LogP contribution < -0.4 is 0 Å². The third kappa shape index (κ3) is 5.93. The summed E-state index contributed by atoms with van der Waals surface area (Å²) in [5.74, 6) is 1.77. The van der Waals surface area contributed by atoms with E-state index in [0.717, 1.165) is 99.5 Å². The van der Waals surface area contributed by atoms with Crippen LogP contribution in [-0.2, 0) is 0 Å². The zero-order valence-electron chi connectivity index (χ0n) is 35.9. The van der Waals surface area contributed by atoms with E-state index in [4.69, 9.17) is 23.8 Å². The second-order valence-corrected chi connectivity index (χ2v) is 17.1. The zero-order chi connectivity index (χ0) is 44.0. The van der Waals surface area contributed by atoms with Gasteiger partial charge in [0, 0.05) is 60.3 Å². The molecular formula is C61H36N4O2. The number of benzene rings is 10. The Balaban J connectivity index is 0.937. The Bertz CT molecular complexity index is 4280. The number of furan rings is 2. The first-order chi connectivity index (χ1) is 33.2. The van der Waals surface area contributed by atoms with Crippen molar-refractivity contribution in [3.8, 4) is 62.1 Å². The average molecular weight is 857 g/mol. The quantitative estimate of drug-likeness (QED) is 0.167. The topological polar surface area (TPSA) is 69.9 Å². The average Bonchev–Trinajstić information content (AvgIpc) is 4.08. The molecule has 10 aromatic carbocycles. The summed E-state index contributed by atoms with van der Waals surface area (Å²) in [5, 5.41) is 9.22. The van der Waals surface area contributed by atoms with Crippen molar-refractivity contribution in [3.63, 3.8) is 0 Å². The molecule has 0 spiro atoms. The van der Waals surface area contributed by atoms with Gasteiger partial charge in [-0.25, -0.2) is 15.0 Å². The molecule has 67 heavy (non-hydrogen) atoms. The molecule has 4 aromatic heterocycles. The molecule has 0 radical (unpaired) electrons. The molecule has 6 nitrogen and oxygen atoms in total. The van der Waals surface area contributed by atoms with Crippen molar-refractivity contribution in [2.24, 2.45) is 0 Å². The van der Waals surface area contributed by atoms with Crippen LogP contribution >= 0.6 is 0 Å². The van der Waals surface area contributed by atoms with E-state index in [1.54, 1.807) is 0 Å². The van der Waals surface area contributed by atoms with Crippen LogP contribution in [-0.4, -0.2) is 19.5 Å². The number of nitrogens with zero attached hydrogens (tertiary/aromatic N) is 4. The van der Waals surface area contributed by atoms with Crippen molar-refractivity contribution in [3.05, 3.63) is 218 Å². The second kappa shape index (κ2) is 14.7. The summed E-state index contributed by atoms with van der Waals surface area (Å²) in [7, 11) is 0. The molecule has 0 aliphatic carbocycles. The van der Waals surface area contributed by atoms with Gasteiger partial charge >= 0.3 is 0 Å². The molecule has 0 N–H and O–H groups in total. The molecule has 0 bridgehead atoms. The third-order valence-corrected chi connectivity index (χ3v) is 13.3. The maximum absolute atomic E-state index is 6.32. The van der Waals surface area contributed by atoms with E-state index in [1.807, 2.05) is 66.7 Å². The van der Waals surface area contributed by atoms with Gasteiger partial charge in [-0.15, -0.1) is 0 Å². The number of hydrogen-bond acceptors (Lipinski definition) is 5. The highest BCUT2D eigenvalue weighted by Gasteiger charge is 2.21. The van der Waals surface area contributed by atoms with Crippen LogP contribution in [0.25, 0.3) is 139 Å². The highest BCUT2D eigenvalue weighted by Crippen LogP contribution is 2.43. The number of fused-ring (bicyclic) bond motifs is 11. The molecule has 0 fully saturated rings. The lowest BCUT2D eigenvalue weighted by Crippen LogP contribution is -2.00. The minimum atomic E-state index is 0.577. The van der Waals surface area contributed by atoms with E-state index >= 15 is 0 Å². The number of aromatic nitrogens is 4. The van der Waals surface area contributed by atoms with Crippen molar-refractivity contribution in [1.82, 2.24) is 19.5 Å². The number of para-hydroxylation sites is 3. The smallest absolute Gasteiger partial charge is 0.164 e. The Morgan fingerprint density at radius 1 is 0.313 bits per heavy atom. The van der Waals surface area contributed by atoms with Gasteiger partial charge in [0.25, 0.3) is 0 Å². The van der Waals surface area contributed by atoms with Gasteiger partial charge < -0.3 is 13.4 Å². The Hall–Kier alpha value is -9.13. The lowest BCUT2D eigenvalue weighted by atomic mass is 9.94. The van der Waals surface area contributed by atoms with Crippen LogP contribution in [0.15, 0.2) is 227 Å². The molecular weight excluding hydrogens is 821 g/mol. The SMILES string of the molecule is c1ccc(-c2nc(-c3ccc(-n4c5ccc6ccccc6c5c5cccc(-c6cccc(-c7cccc8oc9ccccc9c78)c6)c54)cc3)nc(-c3ccc4c(c3)oc3ccccc34)n2)cc1.